The van der Waals surface area contributed by atoms with Crippen LogP contribution in [0.3, 0.4) is 0 Å². The maximum absolute atomic E-state index is 12.9. The fourth-order valence-electron chi connectivity index (χ4n) is 4.54. The van der Waals surface area contributed by atoms with Crippen molar-refractivity contribution in [2.75, 3.05) is 59.0 Å². The third-order valence-electron chi connectivity index (χ3n) is 6.35. The molecule has 1 amide bonds. The van der Waals surface area contributed by atoms with Gasteiger partial charge in [-0.1, -0.05) is 12.8 Å². The molecule has 0 radical (unpaired) electrons. The largest absolute Gasteiger partial charge is 0.462 e. The minimum atomic E-state index is -0.393. The van der Waals surface area contributed by atoms with Gasteiger partial charge in [-0.15, -0.1) is 0 Å². The van der Waals surface area contributed by atoms with E-state index in [1.165, 1.54) is 12.8 Å². The topological polar surface area (TPSA) is 86.0 Å². The molecule has 1 N–H and O–H groups in total. The lowest BCUT2D eigenvalue weighted by Gasteiger charge is -2.35. The summed E-state index contributed by atoms with van der Waals surface area (Å²) < 4.78 is 5.11. The molecular weight excluding hydrogens is 396 g/mol. The molecule has 1 aromatic heterocycles. The van der Waals surface area contributed by atoms with E-state index in [4.69, 9.17) is 4.74 Å². The number of aryl methyl sites for hydroxylation is 1. The highest BCUT2D eigenvalue weighted by Crippen LogP contribution is 2.20. The number of hydrogen-bond donors (Lipinski definition) is 1. The third kappa shape index (κ3) is 5.95. The van der Waals surface area contributed by atoms with Gasteiger partial charge in [0.2, 0.25) is 5.91 Å². The van der Waals surface area contributed by atoms with Crippen LogP contribution >= 0.6 is 0 Å². The number of esters is 1. The molecule has 172 valence electrons. The van der Waals surface area contributed by atoms with Gasteiger partial charge >= 0.3 is 5.97 Å². The summed E-state index contributed by atoms with van der Waals surface area (Å²) in [4.78, 5) is 47.1. The van der Waals surface area contributed by atoms with E-state index in [0.717, 1.165) is 52.1 Å². The standard InChI is InChI=1S/C23H36N4O4/c1-4-31-23(30)21-17(2)22(24-18(21)3)19(28)15-25-11-13-26(14-12-25)16-20(29)27-9-7-5-6-8-10-27/h24H,4-16H2,1-3H3. The Kier molecular flexibility index (Phi) is 8.26. The summed E-state index contributed by atoms with van der Waals surface area (Å²) in [7, 11) is 0. The highest BCUT2D eigenvalue weighted by atomic mass is 16.5. The summed E-state index contributed by atoms with van der Waals surface area (Å²) in [6.07, 6.45) is 4.66. The summed E-state index contributed by atoms with van der Waals surface area (Å²) in [6, 6.07) is 0. The van der Waals surface area contributed by atoms with E-state index >= 15 is 0 Å². The van der Waals surface area contributed by atoms with Crippen molar-refractivity contribution in [3.63, 3.8) is 0 Å². The van der Waals surface area contributed by atoms with E-state index in [2.05, 4.69) is 14.8 Å². The Hall–Kier alpha value is -2.19. The average Bonchev–Trinajstić information content (AvgIpc) is 2.90. The van der Waals surface area contributed by atoms with Crippen molar-refractivity contribution in [3.8, 4) is 0 Å². The number of aromatic amines is 1. The molecule has 31 heavy (non-hydrogen) atoms. The second-order valence-corrected chi connectivity index (χ2v) is 8.62. The quantitative estimate of drug-likeness (QED) is 0.524. The smallest absolute Gasteiger partial charge is 0.340 e. The molecule has 0 bridgehead atoms. The van der Waals surface area contributed by atoms with Gasteiger partial charge < -0.3 is 14.6 Å². The summed E-state index contributed by atoms with van der Waals surface area (Å²) in [6.45, 7) is 11.3. The molecule has 0 aromatic carbocycles. The Bertz CT molecular complexity index is 788. The Balaban J connectivity index is 1.49. The van der Waals surface area contributed by atoms with Crippen LogP contribution in [0.15, 0.2) is 0 Å². The molecule has 2 aliphatic heterocycles. The maximum Gasteiger partial charge on any atom is 0.340 e. The number of nitrogens with zero attached hydrogens (tertiary/aromatic N) is 3. The zero-order valence-corrected chi connectivity index (χ0v) is 19.2. The van der Waals surface area contributed by atoms with Crippen LogP contribution in [0.4, 0.5) is 0 Å². The van der Waals surface area contributed by atoms with Crippen LogP contribution in [0.5, 0.6) is 0 Å². The molecule has 0 atom stereocenters. The molecule has 0 saturated carbocycles. The van der Waals surface area contributed by atoms with Crippen LogP contribution in [0.1, 0.15) is 64.7 Å². The van der Waals surface area contributed by atoms with E-state index < -0.39 is 5.97 Å². The molecule has 2 fully saturated rings. The van der Waals surface area contributed by atoms with Gasteiger partial charge in [-0.25, -0.2) is 4.79 Å². The number of amides is 1. The second-order valence-electron chi connectivity index (χ2n) is 8.62. The van der Waals surface area contributed by atoms with Gasteiger partial charge in [0, 0.05) is 45.0 Å². The Morgan fingerprint density at radius 2 is 1.45 bits per heavy atom. The fraction of sp³-hybridized carbons (Fsp3) is 0.696. The number of nitrogens with one attached hydrogen (secondary N) is 1. The lowest BCUT2D eigenvalue weighted by atomic mass is 10.1. The number of carbonyl (C=O) groups excluding carboxylic acids is 3. The number of hydrogen-bond acceptors (Lipinski definition) is 6. The number of aromatic nitrogens is 1. The molecule has 3 rings (SSSR count). The minimum Gasteiger partial charge on any atom is -0.462 e. The minimum absolute atomic E-state index is 0.0229. The first-order valence-corrected chi connectivity index (χ1v) is 11.5. The van der Waals surface area contributed by atoms with Crippen molar-refractivity contribution in [3.05, 3.63) is 22.5 Å². The van der Waals surface area contributed by atoms with Gasteiger partial charge in [0.05, 0.1) is 31.0 Å². The normalized spacial score (nSPS) is 18.6. The Morgan fingerprint density at radius 1 is 0.871 bits per heavy atom. The molecule has 8 nitrogen and oxygen atoms in total. The summed E-state index contributed by atoms with van der Waals surface area (Å²) in [5.74, 6) is -0.184. The van der Waals surface area contributed by atoms with Gasteiger partial charge in [0.1, 0.15) is 0 Å². The molecule has 8 heteroatoms. The van der Waals surface area contributed by atoms with E-state index in [1.807, 2.05) is 4.90 Å². The van der Waals surface area contributed by atoms with Crippen LogP contribution in [-0.2, 0) is 9.53 Å². The van der Waals surface area contributed by atoms with Crippen molar-refractivity contribution >= 4 is 17.7 Å². The monoisotopic (exact) mass is 432 g/mol. The summed E-state index contributed by atoms with van der Waals surface area (Å²) >= 11 is 0. The predicted molar refractivity (Wildman–Crippen MR) is 118 cm³/mol. The van der Waals surface area contributed by atoms with Crippen molar-refractivity contribution < 1.29 is 19.1 Å². The van der Waals surface area contributed by atoms with Crippen molar-refractivity contribution in [1.82, 2.24) is 19.7 Å². The number of ether oxygens (including phenoxy) is 1. The molecule has 2 saturated heterocycles. The van der Waals surface area contributed by atoms with E-state index in [0.29, 0.717) is 42.2 Å². The maximum atomic E-state index is 12.9. The molecular formula is C23H36N4O4. The van der Waals surface area contributed by atoms with Gasteiger partial charge in [-0.2, -0.15) is 0 Å². The summed E-state index contributed by atoms with van der Waals surface area (Å²) in [5, 5.41) is 0. The molecule has 1 aromatic rings. The lowest BCUT2D eigenvalue weighted by molar-refractivity contribution is -0.132. The van der Waals surface area contributed by atoms with Crippen LogP contribution in [0, 0.1) is 13.8 Å². The number of ketones is 1. The number of H-pyrrole nitrogens is 1. The van der Waals surface area contributed by atoms with Gasteiger partial charge in [-0.3, -0.25) is 19.4 Å². The first-order chi connectivity index (χ1) is 14.9. The van der Waals surface area contributed by atoms with E-state index in [-0.39, 0.29) is 11.7 Å². The fourth-order valence-corrected chi connectivity index (χ4v) is 4.54. The van der Waals surface area contributed by atoms with Crippen LogP contribution < -0.4 is 0 Å². The highest BCUT2D eigenvalue weighted by molar-refractivity contribution is 6.02. The number of rotatable bonds is 7. The van der Waals surface area contributed by atoms with Gasteiger partial charge in [-0.05, 0) is 39.2 Å². The molecule has 2 aliphatic rings. The zero-order valence-electron chi connectivity index (χ0n) is 19.2. The van der Waals surface area contributed by atoms with Gasteiger partial charge in [0.25, 0.3) is 0 Å². The number of Topliss-reactive ketones (excluding diaryl/α,β-unsaturated/α-hetero) is 1. The summed E-state index contributed by atoms with van der Waals surface area (Å²) in [5.41, 5.74) is 2.26. The van der Waals surface area contributed by atoms with Crippen LogP contribution in [0.2, 0.25) is 0 Å². The number of carbonyl (C=O) groups is 3. The first kappa shape index (κ1) is 23.5. The van der Waals surface area contributed by atoms with E-state index in [9.17, 15) is 14.4 Å². The second kappa shape index (κ2) is 10.9. The Morgan fingerprint density at radius 3 is 2.03 bits per heavy atom. The first-order valence-electron chi connectivity index (χ1n) is 11.5. The van der Waals surface area contributed by atoms with Crippen molar-refractivity contribution in [2.24, 2.45) is 0 Å². The van der Waals surface area contributed by atoms with Crippen LogP contribution in [0.25, 0.3) is 0 Å². The van der Waals surface area contributed by atoms with Crippen LogP contribution in [-0.4, -0.2) is 96.3 Å². The third-order valence-corrected chi connectivity index (χ3v) is 6.35. The predicted octanol–water partition coefficient (Wildman–Crippen LogP) is 2.01. The Labute approximate surface area is 184 Å². The van der Waals surface area contributed by atoms with E-state index in [1.54, 1.807) is 20.8 Å². The molecule has 0 spiro atoms. The molecule has 0 aliphatic carbocycles. The molecule has 3 heterocycles. The van der Waals surface area contributed by atoms with Crippen molar-refractivity contribution in [1.29, 1.82) is 0 Å². The molecule has 0 unspecified atom stereocenters. The van der Waals surface area contributed by atoms with Gasteiger partial charge in [0.15, 0.2) is 5.78 Å². The number of piperazine rings is 1. The lowest BCUT2D eigenvalue weighted by Crippen LogP contribution is -2.51. The highest BCUT2D eigenvalue weighted by Gasteiger charge is 2.26. The number of likely N-dealkylation sites (tertiary alicyclic amines) is 1. The van der Waals surface area contributed by atoms with Crippen molar-refractivity contribution in [2.45, 2.75) is 46.5 Å². The average molecular weight is 433 g/mol. The zero-order chi connectivity index (χ0) is 22.4. The SMILES string of the molecule is CCOC(=O)c1c(C)[nH]c(C(=O)CN2CCN(CC(=O)N3CCCCCC3)CC2)c1C.